The van der Waals surface area contributed by atoms with Crippen molar-refractivity contribution in [3.63, 3.8) is 0 Å². The number of ether oxygens (including phenoxy) is 1. The molecule has 5 nitrogen and oxygen atoms in total. The highest BCUT2D eigenvalue weighted by Crippen LogP contribution is 2.26. The first kappa shape index (κ1) is 17.6. The Morgan fingerprint density at radius 1 is 1.17 bits per heavy atom. The Hall–Kier alpha value is -1.72. The molecule has 0 aromatic heterocycles. The molecule has 0 saturated carbocycles. The lowest BCUT2D eigenvalue weighted by atomic mass is 10.2. The monoisotopic (exact) mass is 356 g/mol. The van der Waals surface area contributed by atoms with E-state index >= 15 is 0 Å². The second-order valence-electron chi connectivity index (χ2n) is 4.99. The molecule has 0 radical (unpaired) electrons. The van der Waals surface area contributed by atoms with Crippen molar-refractivity contribution in [2.75, 3.05) is 32.8 Å². The lowest BCUT2D eigenvalue weighted by Crippen LogP contribution is -2.50. The van der Waals surface area contributed by atoms with E-state index in [2.05, 4.69) is 0 Å². The van der Waals surface area contributed by atoms with Gasteiger partial charge in [-0.05, 0) is 24.6 Å². The number of hydrogen-bond acceptors (Lipinski definition) is 3. The third kappa shape index (κ3) is 4.62. The van der Waals surface area contributed by atoms with E-state index in [-0.39, 0.29) is 12.0 Å². The van der Waals surface area contributed by atoms with E-state index in [0.29, 0.717) is 48.4 Å². The molecule has 0 unspecified atom stereocenters. The molecule has 0 atom stereocenters. The molecule has 1 heterocycles. The largest absolute Gasteiger partial charge is 0.450 e. The van der Waals surface area contributed by atoms with E-state index in [1.807, 2.05) is 0 Å². The minimum Gasteiger partial charge on any atom is -0.450 e. The number of benzene rings is 1. The predicted molar refractivity (Wildman–Crippen MR) is 90.7 cm³/mol. The highest BCUT2D eigenvalue weighted by atomic mass is 35.5. The molecule has 0 aliphatic carbocycles. The second-order valence-corrected chi connectivity index (χ2v) is 5.77. The molecular formula is C16H18Cl2N2O3. The molecule has 1 aromatic carbocycles. The Morgan fingerprint density at radius 2 is 1.83 bits per heavy atom. The number of nitrogens with zero attached hydrogens (tertiary/aromatic N) is 2. The number of piperazine rings is 1. The highest BCUT2D eigenvalue weighted by Gasteiger charge is 2.23. The zero-order chi connectivity index (χ0) is 16.8. The summed E-state index contributed by atoms with van der Waals surface area (Å²) in [6.45, 7) is 4.01. The Morgan fingerprint density at radius 3 is 2.48 bits per heavy atom. The second kappa shape index (κ2) is 8.22. The zero-order valence-corrected chi connectivity index (χ0v) is 14.3. The highest BCUT2D eigenvalue weighted by molar-refractivity contribution is 6.42. The molecule has 1 aliphatic heterocycles. The first-order valence-corrected chi connectivity index (χ1v) is 8.11. The number of amides is 2. The molecule has 1 fully saturated rings. The van der Waals surface area contributed by atoms with Gasteiger partial charge in [-0.2, -0.15) is 0 Å². The Balaban J connectivity index is 1.91. The van der Waals surface area contributed by atoms with E-state index in [1.54, 1.807) is 41.0 Å². The summed E-state index contributed by atoms with van der Waals surface area (Å²) in [4.78, 5) is 27.1. The molecule has 2 rings (SSSR count). The van der Waals surface area contributed by atoms with Gasteiger partial charge in [0.25, 0.3) is 0 Å². The van der Waals surface area contributed by atoms with Crippen molar-refractivity contribution in [3.05, 3.63) is 39.9 Å². The molecule has 0 bridgehead atoms. The quantitative estimate of drug-likeness (QED) is 0.780. The van der Waals surface area contributed by atoms with E-state index in [0.717, 1.165) is 0 Å². The summed E-state index contributed by atoms with van der Waals surface area (Å²) in [6.07, 6.45) is 2.78. The van der Waals surface area contributed by atoms with Crippen molar-refractivity contribution < 1.29 is 14.3 Å². The van der Waals surface area contributed by atoms with Gasteiger partial charge in [0.05, 0.1) is 16.7 Å². The summed E-state index contributed by atoms with van der Waals surface area (Å²) < 4.78 is 4.95. The number of carbonyl (C=O) groups is 2. The van der Waals surface area contributed by atoms with Crippen molar-refractivity contribution >= 4 is 41.3 Å². The topological polar surface area (TPSA) is 49.9 Å². The third-order valence-electron chi connectivity index (χ3n) is 3.50. The van der Waals surface area contributed by atoms with Crippen LogP contribution in [0.3, 0.4) is 0 Å². The molecule has 0 N–H and O–H groups in total. The maximum absolute atomic E-state index is 12.2. The normalized spacial score (nSPS) is 15.1. The SMILES string of the molecule is CCOC(=O)N1CCN(C(=O)/C=C/c2cccc(Cl)c2Cl)CC1. The van der Waals surface area contributed by atoms with Crippen LogP contribution < -0.4 is 0 Å². The van der Waals surface area contributed by atoms with E-state index in [9.17, 15) is 9.59 Å². The fourth-order valence-corrected chi connectivity index (χ4v) is 2.61. The van der Waals surface area contributed by atoms with Gasteiger partial charge in [0.2, 0.25) is 5.91 Å². The van der Waals surface area contributed by atoms with Crippen LogP contribution in [0, 0.1) is 0 Å². The first-order chi connectivity index (χ1) is 11.0. The van der Waals surface area contributed by atoms with Gasteiger partial charge < -0.3 is 14.5 Å². The molecule has 23 heavy (non-hydrogen) atoms. The lowest BCUT2D eigenvalue weighted by molar-refractivity contribution is -0.127. The van der Waals surface area contributed by atoms with Crippen LogP contribution in [0.5, 0.6) is 0 Å². The van der Waals surface area contributed by atoms with Gasteiger partial charge in [-0.15, -0.1) is 0 Å². The molecule has 1 aromatic rings. The summed E-state index contributed by atoms with van der Waals surface area (Å²) in [6, 6.07) is 5.25. The summed E-state index contributed by atoms with van der Waals surface area (Å²) in [5.74, 6) is -0.121. The number of carbonyl (C=O) groups excluding carboxylic acids is 2. The van der Waals surface area contributed by atoms with Gasteiger partial charge >= 0.3 is 6.09 Å². The minimum absolute atomic E-state index is 0.121. The van der Waals surface area contributed by atoms with Crippen LogP contribution in [0.25, 0.3) is 6.08 Å². The third-order valence-corrected chi connectivity index (χ3v) is 4.34. The molecule has 1 saturated heterocycles. The van der Waals surface area contributed by atoms with E-state index in [1.165, 1.54) is 6.08 Å². The first-order valence-electron chi connectivity index (χ1n) is 7.35. The Bertz CT molecular complexity index is 611. The number of halogens is 2. The summed E-state index contributed by atoms with van der Waals surface area (Å²) in [5.41, 5.74) is 0.692. The van der Waals surface area contributed by atoms with Gasteiger partial charge in [0.1, 0.15) is 0 Å². The zero-order valence-electron chi connectivity index (χ0n) is 12.8. The van der Waals surface area contributed by atoms with E-state index in [4.69, 9.17) is 27.9 Å². The molecule has 7 heteroatoms. The van der Waals surface area contributed by atoms with Gasteiger partial charge in [-0.25, -0.2) is 4.79 Å². The summed E-state index contributed by atoms with van der Waals surface area (Å²) in [7, 11) is 0. The summed E-state index contributed by atoms with van der Waals surface area (Å²) >= 11 is 12.0. The van der Waals surface area contributed by atoms with Crippen molar-refractivity contribution in [2.24, 2.45) is 0 Å². The fraction of sp³-hybridized carbons (Fsp3) is 0.375. The standard InChI is InChI=1S/C16H18Cl2N2O3/c1-2-23-16(22)20-10-8-19(9-11-20)14(21)7-6-12-4-3-5-13(17)15(12)18/h3-7H,2,8-11H2,1H3/b7-6+. The van der Waals surface area contributed by atoms with Gasteiger partial charge in [-0.3, -0.25) is 4.79 Å². The minimum atomic E-state index is -0.333. The molecule has 0 spiro atoms. The smallest absolute Gasteiger partial charge is 0.409 e. The fourth-order valence-electron chi connectivity index (χ4n) is 2.24. The van der Waals surface area contributed by atoms with Gasteiger partial charge in [0, 0.05) is 32.3 Å². The van der Waals surface area contributed by atoms with Crippen LogP contribution in [0.4, 0.5) is 4.79 Å². The van der Waals surface area contributed by atoms with Crippen molar-refractivity contribution in [1.29, 1.82) is 0 Å². The van der Waals surface area contributed by atoms with Crippen LogP contribution in [0.1, 0.15) is 12.5 Å². The van der Waals surface area contributed by atoms with Crippen LogP contribution in [0.2, 0.25) is 10.0 Å². The predicted octanol–water partition coefficient (Wildman–Crippen LogP) is 3.31. The van der Waals surface area contributed by atoms with Crippen LogP contribution in [-0.2, 0) is 9.53 Å². The molecule has 1 aliphatic rings. The lowest BCUT2D eigenvalue weighted by Gasteiger charge is -2.33. The maximum Gasteiger partial charge on any atom is 0.409 e. The van der Waals surface area contributed by atoms with Crippen LogP contribution in [0.15, 0.2) is 24.3 Å². The number of hydrogen-bond donors (Lipinski definition) is 0. The summed E-state index contributed by atoms with van der Waals surface area (Å²) in [5, 5.41) is 0.870. The van der Waals surface area contributed by atoms with Gasteiger partial charge in [0.15, 0.2) is 0 Å². The number of rotatable bonds is 3. The Kier molecular flexibility index (Phi) is 6.30. The van der Waals surface area contributed by atoms with Crippen molar-refractivity contribution in [3.8, 4) is 0 Å². The molecule has 2 amide bonds. The van der Waals surface area contributed by atoms with Crippen molar-refractivity contribution in [2.45, 2.75) is 6.92 Å². The average molecular weight is 357 g/mol. The Labute approximate surface area is 145 Å². The van der Waals surface area contributed by atoms with Crippen LogP contribution >= 0.6 is 23.2 Å². The van der Waals surface area contributed by atoms with Gasteiger partial charge in [-0.1, -0.05) is 35.3 Å². The van der Waals surface area contributed by atoms with Crippen LogP contribution in [-0.4, -0.2) is 54.6 Å². The van der Waals surface area contributed by atoms with Crippen molar-refractivity contribution in [1.82, 2.24) is 9.80 Å². The van der Waals surface area contributed by atoms with E-state index < -0.39 is 0 Å². The maximum atomic E-state index is 12.2. The molecular weight excluding hydrogens is 339 g/mol. The average Bonchev–Trinajstić information content (AvgIpc) is 2.56. The molecule has 124 valence electrons.